The lowest BCUT2D eigenvalue weighted by Gasteiger charge is -2.29. The molecule has 2 aromatic rings. The van der Waals surface area contributed by atoms with Gasteiger partial charge >= 0.3 is 11.8 Å². The van der Waals surface area contributed by atoms with Gasteiger partial charge in [0.25, 0.3) is 5.91 Å². The fourth-order valence-electron chi connectivity index (χ4n) is 5.65. The van der Waals surface area contributed by atoms with E-state index in [0.29, 0.717) is 12.8 Å². The van der Waals surface area contributed by atoms with E-state index in [0.717, 1.165) is 5.56 Å². The first-order valence-electron chi connectivity index (χ1n) is 19.7. The topological polar surface area (TPSA) is 268 Å². The molecule has 8 amide bonds. The second kappa shape index (κ2) is 24.7. The molecule has 0 bridgehead atoms. The van der Waals surface area contributed by atoms with Crippen LogP contribution in [0.2, 0.25) is 0 Å². The highest BCUT2D eigenvalue weighted by molar-refractivity contribution is 6.39. The lowest BCUT2D eigenvalue weighted by molar-refractivity contribution is -0.136. The highest BCUT2D eigenvalue weighted by atomic mass is 16.5. The van der Waals surface area contributed by atoms with Crippen molar-refractivity contribution in [3.63, 3.8) is 0 Å². The summed E-state index contributed by atoms with van der Waals surface area (Å²) < 4.78 is 5.21. The summed E-state index contributed by atoms with van der Waals surface area (Å²) in [5.41, 5.74) is 11.6. The van der Waals surface area contributed by atoms with Gasteiger partial charge in [-0.25, -0.2) is 0 Å². The molecule has 0 saturated carbocycles. The highest BCUT2D eigenvalue weighted by Crippen LogP contribution is 2.22. The number of rotatable bonds is 21. The number of hydrogen-bond donors (Lipinski definition) is 9. The number of carbonyl (C=O) groups is 8. The van der Waals surface area contributed by atoms with Crippen molar-refractivity contribution in [3.05, 3.63) is 59.7 Å². The molecule has 0 aliphatic carbocycles. The van der Waals surface area contributed by atoms with Crippen molar-refractivity contribution in [2.75, 3.05) is 26.0 Å². The Morgan fingerprint density at radius 1 is 0.746 bits per heavy atom. The average Bonchev–Trinajstić information content (AvgIpc) is 3.21. The Kier molecular flexibility index (Phi) is 20.5. The van der Waals surface area contributed by atoms with Crippen LogP contribution in [0.4, 0.5) is 5.69 Å². The van der Waals surface area contributed by atoms with E-state index < -0.39 is 65.5 Å². The SMILES string of the molecule is CC[C@H](C)[C@H](NC(=O)[C@H](Cc1ccccc1)NC(=O)[C@@H](N)CCCNC(=O)C(=O)Nc1ccc(OC)c(C(=O)NNC(=O)C(C)C)c1)C(=O)N[C@@H](CC(C)C)C(=O)NC. The van der Waals surface area contributed by atoms with Crippen molar-refractivity contribution in [1.29, 1.82) is 0 Å². The zero-order chi connectivity index (χ0) is 44.2. The Morgan fingerprint density at radius 3 is 2.00 bits per heavy atom. The van der Waals surface area contributed by atoms with Crippen molar-refractivity contribution in [2.24, 2.45) is 23.5 Å². The molecule has 18 heteroatoms. The summed E-state index contributed by atoms with van der Waals surface area (Å²) in [6.07, 6.45) is 1.29. The molecule has 0 aromatic heterocycles. The number of nitrogens with one attached hydrogen (secondary N) is 8. The maximum absolute atomic E-state index is 13.8. The number of likely N-dealkylation sites (N-methyl/N-ethyl adjacent to an activating group) is 1. The number of ether oxygens (including phenoxy) is 1. The second-order valence-corrected chi connectivity index (χ2v) is 14.9. The number of methoxy groups -OCH3 is 1. The Hall–Kier alpha value is -6.04. The molecule has 10 N–H and O–H groups in total. The zero-order valence-electron chi connectivity index (χ0n) is 35.2. The van der Waals surface area contributed by atoms with Crippen molar-refractivity contribution in [1.82, 2.24) is 37.4 Å². The summed E-state index contributed by atoms with van der Waals surface area (Å²) in [6, 6.07) is 9.07. The molecule has 0 fully saturated rings. The number of hydrazine groups is 1. The number of carbonyl (C=O) groups excluding carboxylic acids is 8. The van der Waals surface area contributed by atoms with Crippen LogP contribution >= 0.6 is 0 Å². The van der Waals surface area contributed by atoms with Gasteiger partial charge in [0.05, 0.1) is 18.7 Å². The Balaban J connectivity index is 2.05. The fourth-order valence-corrected chi connectivity index (χ4v) is 5.65. The number of hydrogen-bond acceptors (Lipinski definition) is 10. The van der Waals surface area contributed by atoms with E-state index in [9.17, 15) is 38.4 Å². The third-order valence-corrected chi connectivity index (χ3v) is 9.34. The summed E-state index contributed by atoms with van der Waals surface area (Å²) in [5, 5.41) is 15.7. The van der Waals surface area contributed by atoms with Gasteiger partial charge in [-0.3, -0.25) is 49.2 Å². The largest absolute Gasteiger partial charge is 0.496 e. The maximum atomic E-state index is 13.8. The average molecular weight is 824 g/mol. The third kappa shape index (κ3) is 16.4. The smallest absolute Gasteiger partial charge is 0.313 e. The van der Waals surface area contributed by atoms with Crippen molar-refractivity contribution in [3.8, 4) is 5.75 Å². The van der Waals surface area contributed by atoms with E-state index in [1.165, 1.54) is 32.4 Å². The van der Waals surface area contributed by atoms with Gasteiger partial charge in [0.2, 0.25) is 29.5 Å². The molecule has 0 unspecified atom stereocenters. The Morgan fingerprint density at radius 2 is 1.41 bits per heavy atom. The molecule has 0 heterocycles. The molecule has 18 nitrogen and oxygen atoms in total. The van der Waals surface area contributed by atoms with Gasteiger partial charge in [0, 0.05) is 31.6 Å². The molecule has 2 aromatic carbocycles. The van der Waals surface area contributed by atoms with Gasteiger partial charge in [0.1, 0.15) is 23.9 Å². The van der Waals surface area contributed by atoms with Gasteiger partial charge < -0.3 is 42.4 Å². The molecule has 59 heavy (non-hydrogen) atoms. The van der Waals surface area contributed by atoms with Crippen LogP contribution in [0.15, 0.2) is 48.5 Å². The van der Waals surface area contributed by atoms with Crippen LogP contribution in [-0.2, 0) is 40.0 Å². The molecule has 0 radical (unpaired) electrons. The van der Waals surface area contributed by atoms with Crippen LogP contribution in [0.5, 0.6) is 5.75 Å². The van der Waals surface area contributed by atoms with Gasteiger partial charge in [-0.1, -0.05) is 78.3 Å². The van der Waals surface area contributed by atoms with Crippen LogP contribution in [0.3, 0.4) is 0 Å². The van der Waals surface area contributed by atoms with Crippen LogP contribution in [0.25, 0.3) is 0 Å². The number of anilines is 1. The molecule has 0 saturated heterocycles. The molecule has 0 aliphatic heterocycles. The van der Waals surface area contributed by atoms with E-state index in [1.54, 1.807) is 45.0 Å². The Labute approximate surface area is 345 Å². The summed E-state index contributed by atoms with van der Waals surface area (Å²) in [4.78, 5) is 103. The molecular weight excluding hydrogens is 763 g/mol. The van der Waals surface area contributed by atoms with Crippen LogP contribution in [0.1, 0.15) is 83.1 Å². The number of amides is 8. The number of benzene rings is 2. The first kappa shape index (κ1) is 49.1. The van der Waals surface area contributed by atoms with E-state index in [1.807, 2.05) is 26.8 Å². The quantitative estimate of drug-likeness (QED) is 0.0486. The summed E-state index contributed by atoms with van der Waals surface area (Å²) in [7, 11) is 2.82. The zero-order valence-corrected chi connectivity index (χ0v) is 35.2. The molecular formula is C41H61N9O9. The Bertz CT molecular complexity index is 1770. The van der Waals surface area contributed by atoms with Crippen LogP contribution in [0, 0.1) is 17.8 Å². The van der Waals surface area contributed by atoms with Crippen molar-refractivity contribution in [2.45, 2.75) is 97.8 Å². The third-order valence-electron chi connectivity index (χ3n) is 9.34. The molecule has 0 aliphatic rings. The summed E-state index contributed by atoms with van der Waals surface area (Å²) in [6.45, 7) is 10.8. The lowest BCUT2D eigenvalue weighted by Crippen LogP contribution is -2.59. The number of nitrogens with two attached hydrogens (primary N) is 1. The molecule has 324 valence electrons. The second-order valence-electron chi connectivity index (χ2n) is 14.9. The maximum Gasteiger partial charge on any atom is 0.313 e. The summed E-state index contributed by atoms with van der Waals surface area (Å²) in [5.74, 6) is -5.72. The van der Waals surface area contributed by atoms with Crippen molar-refractivity contribution < 1.29 is 43.1 Å². The minimum Gasteiger partial charge on any atom is -0.496 e. The van der Waals surface area contributed by atoms with E-state index >= 15 is 0 Å². The van der Waals surface area contributed by atoms with Gasteiger partial charge in [-0.15, -0.1) is 0 Å². The summed E-state index contributed by atoms with van der Waals surface area (Å²) >= 11 is 0. The molecule has 0 spiro atoms. The predicted octanol–water partition coefficient (Wildman–Crippen LogP) is 0.810. The fraction of sp³-hybridized carbons (Fsp3) is 0.512. The first-order chi connectivity index (χ1) is 27.9. The van der Waals surface area contributed by atoms with Crippen LogP contribution < -0.4 is 53.2 Å². The minimum atomic E-state index is -1.12. The molecule has 5 atom stereocenters. The molecule has 2 rings (SSSR count). The van der Waals surface area contributed by atoms with Gasteiger partial charge in [0.15, 0.2) is 0 Å². The first-order valence-corrected chi connectivity index (χ1v) is 19.7. The van der Waals surface area contributed by atoms with E-state index in [4.69, 9.17) is 10.5 Å². The van der Waals surface area contributed by atoms with E-state index in [-0.39, 0.29) is 66.5 Å². The van der Waals surface area contributed by atoms with Crippen LogP contribution in [-0.4, -0.2) is 92.1 Å². The minimum absolute atomic E-state index is 0.0144. The van der Waals surface area contributed by atoms with Gasteiger partial charge in [-0.2, -0.15) is 0 Å². The van der Waals surface area contributed by atoms with Gasteiger partial charge in [-0.05, 0) is 54.9 Å². The normalized spacial score (nSPS) is 13.4. The highest BCUT2D eigenvalue weighted by Gasteiger charge is 2.33. The monoisotopic (exact) mass is 823 g/mol. The standard InChI is InChI=1S/C41H61N9O9/c1-9-25(6)33(39(56)47-30(20-23(2)3)37(54)43-7)48-38(55)31(21-26-14-11-10-12-15-26)46-36(53)29(42)16-13-19-44-40(57)41(58)45-27-17-18-32(59-8)28(22-27)35(52)50-49-34(51)24(4)5/h10-12,14-15,17-18,22-25,29-31,33H,9,13,16,19-21,42H2,1-8H3,(H,43,54)(H,44,57)(H,45,58)(H,46,53)(H,47,56)(H,48,55)(H,49,51)(H,50,52)/t25-,29-,30-,31-,33-/m0/s1. The lowest BCUT2D eigenvalue weighted by atomic mass is 9.96. The van der Waals surface area contributed by atoms with E-state index in [2.05, 4.69) is 42.8 Å². The van der Waals surface area contributed by atoms with Crippen molar-refractivity contribution >= 4 is 52.9 Å². The predicted molar refractivity (Wildman–Crippen MR) is 221 cm³/mol.